The molecule has 6 atom stereocenters. The number of carboxylic acid groups (broad SMARTS) is 2. The van der Waals surface area contributed by atoms with Crippen LogP contribution in [0.2, 0.25) is 0 Å². The minimum atomic E-state index is -1.07. The highest BCUT2D eigenvalue weighted by Crippen LogP contribution is 2.35. The number of amides is 4. The van der Waals surface area contributed by atoms with Gasteiger partial charge in [0.15, 0.2) is 0 Å². The predicted octanol–water partition coefficient (Wildman–Crippen LogP) is 4.05. The fraction of sp³-hybridized carbons (Fsp3) is 0.800. The number of hydrogen-bond acceptors (Lipinski definition) is 6. The van der Waals surface area contributed by atoms with Crippen LogP contribution in [0.1, 0.15) is 53.4 Å². The molecule has 2 aliphatic heterocycles. The molecule has 2 rings (SSSR count). The number of rotatable bonds is 7. The van der Waals surface area contributed by atoms with Gasteiger partial charge in [0.05, 0.1) is 24.9 Å². The Bertz CT molecular complexity index is 647. The maximum absolute atomic E-state index is 12.9. The molecule has 0 aromatic heterocycles. The highest BCUT2D eigenvalue weighted by atomic mass is 33.1. The minimum Gasteiger partial charge on any atom is -0.435 e. The Morgan fingerprint density at radius 1 is 0.800 bits per heavy atom. The predicted molar refractivity (Wildman–Crippen MR) is 117 cm³/mol. The molecule has 30 heavy (non-hydrogen) atoms. The largest absolute Gasteiger partial charge is 0.521 e. The number of carbonyl (C=O) groups is 4. The van der Waals surface area contributed by atoms with Gasteiger partial charge in [0.2, 0.25) is 0 Å². The number of carbonyl (C=O) groups excluding carboxylic acids is 2. The van der Waals surface area contributed by atoms with Gasteiger partial charge in [0.1, 0.15) is 12.1 Å². The Labute approximate surface area is 185 Å². The van der Waals surface area contributed by atoms with Crippen LogP contribution in [0.4, 0.5) is 9.59 Å². The Morgan fingerprint density at radius 2 is 1.13 bits per heavy atom. The molecule has 0 aromatic carbocycles. The lowest BCUT2D eigenvalue weighted by Crippen LogP contribution is -2.60. The van der Waals surface area contributed by atoms with Crippen molar-refractivity contribution < 1.29 is 38.4 Å². The molecule has 0 saturated carbocycles. The van der Waals surface area contributed by atoms with Gasteiger partial charge in [-0.15, -0.1) is 0 Å². The standard InChI is InChI=1S/C20H32N2O6S2/c1-13(17(23)21(19(25)26)9-5-7-15(21)3)11-29-30-12-14(2)18(24)22(20(27)28)10-6-8-16(22)4/h13-16H,5-12H2,1-4H3/p+2/t13-,14-,15-,16-,21+,22+/m1/s1. The Kier molecular flexibility index (Phi) is 8.40. The summed E-state index contributed by atoms with van der Waals surface area (Å²) >= 11 is 0. The molecule has 8 nitrogen and oxygen atoms in total. The van der Waals surface area contributed by atoms with Gasteiger partial charge < -0.3 is 10.2 Å². The van der Waals surface area contributed by atoms with Crippen molar-refractivity contribution in [2.45, 2.75) is 65.5 Å². The second-order valence-corrected chi connectivity index (χ2v) is 11.3. The van der Waals surface area contributed by atoms with Crippen molar-refractivity contribution in [1.29, 1.82) is 0 Å². The lowest BCUT2D eigenvalue weighted by Gasteiger charge is -2.32. The van der Waals surface area contributed by atoms with Gasteiger partial charge in [0, 0.05) is 37.2 Å². The molecule has 0 bridgehead atoms. The van der Waals surface area contributed by atoms with Crippen LogP contribution in [0.15, 0.2) is 0 Å². The molecule has 0 radical (unpaired) electrons. The second-order valence-electron chi connectivity index (χ2n) is 8.78. The zero-order valence-electron chi connectivity index (χ0n) is 18.2. The third-order valence-electron chi connectivity index (χ3n) is 6.80. The van der Waals surface area contributed by atoms with E-state index in [1.807, 2.05) is 13.8 Å². The summed E-state index contributed by atoms with van der Waals surface area (Å²) in [4.78, 5) is 49.6. The zero-order valence-corrected chi connectivity index (χ0v) is 19.8. The van der Waals surface area contributed by atoms with Crippen molar-refractivity contribution >= 4 is 45.6 Å². The van der Waals surface area contributed by atoms with Gasteiger partial charge >= 0.3 is 24.0 Å². The monoisotopic (exact) mass is 462 g/mol. The van der Waals surface area contributed by atoms with E-state index in [1.54, 1.807) is 13.8 Å². The molecule has 170 valence electrons. The first-order chi connectivity index (χ1) is 14.0. The van der Waals surface area contributed by atoms with Gasteiger partial charge in [0.25, 0.3) is 0 Å². The number of likely N-dealkylation sites (tertiary alicyclic amines) is 2. The van der Waals surface area contributed by atoms with Crippen molar-refractivity contribution in [2.24, 2.45) is 11.8 Å². The van der Waals surface area contributed by atoms with Crippen LogP contribution in [0.25, 0.3) is 0 Å². The van der Waals surface area contributed by atoms with Crippen LogP contribution in [-0.2, 0) is 9.59 Å². The smallest absolute Gasteiger partial charge is 0.435 e. The molecule has 0 aliphatic carbocycles. The molecule has 4 amide bonds. The fourth-order valence-corrected chi connectivity index (χ4v) is 7.48. The molecule has 2 heterocycles. The van der Waals surface area contributed by atoms with Gasteiger partial charge in [-0.3, -0.25) is 0 Å². The van der Waals surface area contributed by atoms with E-state index in [0.29, 0.717) is 24.6 Å². The maximum Gasteiger partial charge on any atom is 0.521 e. The Hall–Kier alpha value is -1.10. The SMILES string of the molecule is C[C@H](CSSC[C@@H](C)C(=O)[N@+]1(C(=O)O)CCC[C@H]1C)C(=O)[N@+]1(C(=O)O)CCC[C@H]1C. The van der Waals surface area contributed by atoms with E-state index in [-0.39, 0.29) is 23.9 Å². The van der Waals surface area contributed by atoms with Crippen molar-refractivity contribution in [3.05, 3.63) is 0 Å². The number of hydrogen-bond donors (Lipinski definition) is 2. The summed E-state index contributed by atoms with van der Waals surface area (Å²) in [6.45, 7) is 7.85. The average Bonchev–Trinajstić information content (AvgIpc) is 3.27. The third-order valence-corrected chi connectivity index (χ3v) is 9.56. The molecule has 10 heteroatoms. The van der Waals surface area contributed by atoms with Crippen LogP contribution < -0.4 is 0 Å². The summed E-state index contributed by atoms with van der Waals surface area (Å²) in [5.74, 6) is -0.432. The van der Waals surface area contributed by atoms with Crippen molar-refractivity contribution in [3.8, 4) is 0 Å². The number of imide groups is 2. The highest BCUT2D eigenvalue weighted by molar-refractivity contribution is 8.76. The van der Waals surface area contributed by atoms with Crippen molar-refractivity contribution in [2.75, 3.05) is 24.6 Å². The molecule has 0 unspecified atom stereocenters. The van der Waals surface area contributed by atoms with Crippen LogP contribution in [0, 0.1) is 11.8 Å². The quantitative estimate of drug-likeness (QED) is 0.331. The normalized spacial score (nSPS) is 33.2. The average molecular weight is 463 g/mol. The van der Waals surface area contributed by atoms with Gasteiger partial charge in [-0.1, -0.05) is 21.6 Å². The fourth-order valence-electron chi connectivity index (χ4n) is 4.79. The van der Waals surface area contributed by atoms with E-state index in [0.717, 1.165) is 25.7 Å². The topological polar surface area (TPSA) is 109 Å². The van der Waals surface area contributed by atoms with Gasteiger partial charge in [-0.2, -0.15) is 18.6 Å². The molecule has 0 aromatic rings. The summed E-state index contributed by atoms with van der Waals surface area (Å²) < 4.78 is -0.977. The maximum atomic E-state index is 12.9. The molecule has 2 aliphatic rings. The van der Waals surface area contributed by atoms with E-state index in [9.17, 15) is 29.4 Å². The van der Waals surface area contributed by atoms with Crippen LogP contribution in [0.5, 0.6) is 0 Å². The summed E-state index contributed by atoms with van der Waals surface area (Å²) in [7, 11) is 2.89. The van der Waals surface area contributed by atoms with E-state index < -0.39 is 33.0 Å². The molecular formula is C20H34N2O6S2+2. The number of quaternary nitrogens is 2. The molecule has 2 N–H and O–H groups in total. The zero-order chi connectivity index (χ0) is 22.7. The van der Waals surface area contributed by atoms with Gasteiger partial charge in [-0.25, -0.2) is 9.59 Å². The van der Waals surface area contributed by atoms with Crippen molar-refractivity contribution in [1.82, 2.24) is 0 Å². The first-order valence-electron chi connectivity index (χ1n) is 10.6. The number of nitrogens with zero attached hydrogens (tertiary/aromatic N) is 2. The van der Waals surface area contributed by atoms with E-state index in [1.165, 1.54) is 21.6 Å². The minimum absolute atomic E-state index is 0.217. The summed E-state index contributed by atoms with van der Waals surface area (Å²) in [6.07, 6.45) is 0.778. The van der Waals surface area contributed by atoms with Crippen LogP contribution in [0.3, 0.4) is 0 Å². The Balaban J connectivity index is 1.88. The van der Waals surface area contributed by atoms with Crippen LogP contribution in [-0.4, -0.2) is 79.9 Å². The molecule has 0 spiro atoms. The van der Waals surface area contributed by atoms with E-state index >= 15 is 0 Å². The van der Waals surface area contributed by atoms with E-state index in [4.69, 9.17) is 0 Å². The lowest BCUT2D eigenvalue weighted by molar-refractivity contribution is -0.794. The summed E-state index contributed by atoms with van der Waals surface area (Å²) in [6, 6.07) is -0.433. The van der Waals surface area contributed by atoms with Crippen LogP contribution >= 0.6 is 21.6 Å². The molecule has 2 saturated heterocycles. The van der Waals surface area contributed by atoms with E-state index in [2.05, 4.69) is 0 Å². The molecule has 2 fully saturated rings. The highest BCUT2D eigenvalue weighted by Gasteiger charge is 2.55. The Morgan fingerprint density at radius 3 is 1.37 bits per heavy atom. The first kappa shape index (κ1) is 25.2. The lowest BCUT2D eigenvalue weighted by atomic mass is 10.1. The molecular weight excluding hydrogens is 428 g/mol. The summed E-state index contributed by atoms with van der Waals surface area (Å²) in [5.41, 5.74) is 0. The second kappa shape index (κ2) is 10.0. The third kappa shape index (κ3) is 4.42. The first-order valence-corrected chi connectivity index (χ1v) is 13.1. The van der Waals surface area contributed by atoms with Crippen molar-refractivity contribution in [3.63, 3.8) is 0 Å². The van der Waals surface area contributed by atoms with Gasteiger partial charge in [-0.05, 0) is 27.7 Å². The summed E-state index contributed by atoms with van der Waals surface area (Å²) in [5, 5.41) is 19.4.